The van der Waals surface area contributed by atoms with Crippen molar-refractivity contribution in [1.82, 2.24) is 5.32 Å². The number of benzene rings is 2. The predicted molar refractivity (Wildman–Crippen MR) is 94.7 cm³/mol. The normalized spacial score (nSPS) is 20.0. The molecule has 2 N–H and O–H groups in total. The zero-order valence-electron chi connectivity index (χ0n) is 13.4. The van der Waals surface area contributed by atoms with Crippen molar-refractivity contribution in [3.8, 4) is 5.75 Å². The Balaban J connectivity index is 1.84. The summed E-state index contributed by atoms with van der Waals surface area (Å²) in [5, 5.41) is 14.2. The molecule has 1 saturated heterocycles. The number of carbonyl (C=O) groups excluding carboxylic acids is 1. The van der Waals surface area contributed by atoms with Gasteiger partial charge in [0.25, 0.3) is 0 Å². The molecule has 1 aliphatic heterocycles. The molecular formula is C18H19NO4S. The quantitative estimate of drug-likeness (QED) is 0.871. The van der Waals surface area contributed by atoms with E-state index in [0.717, 1.165) is 27.8 Å². The summed E-state index contributed by atoms with van der Waals surface area (Å²) in [7, 11) is 1.60. The molecule has 126 valence electrons. The number of aliphatic carboxylic acids is 1. The number of methoxy groups -OCH3 is 1. The van der Waals surface area contributed by atoms with E-state index in [9.17, 15) is 14.7 Å². The maximum absolute atomic E-state index is 12.5. The molecule has 1 aliphatic rings. The zero-order valence-corrected chi connectivity index (χ0v) is 14.2. The van der Waals surface area contributed by atoms with Gasteiger partial charge in [-0.3, -0.25) is 4.79 Å². The Morgan fingerprint density at radius 3 is 2.83 bits per heavy atom. The highest BCUT2D eigenvalue weighted by atomic mass is 32.2. The van der Waals surface area contributed by atoms with Crippen molar-refractivity contribution in [3.05, 3.63) is 42.0 Å². The Morgan fingerprint density at radius 1 is 1.33 bits per heavy atom. The summed E-state index contributed by atoms with van der Waals surface area (Å²) in [6, 6.07) is 11.5. The maximum Gasteiger partial charge on any atom is 0.330 e. The van der Waals surface area contributed by atoms with Crippen LogP contribution in [-0.2, 0) is 16.0 Å². The lowest BCUT2D eigenvalue weighted by molar-refractivity contribution is -0.146. The number of amides is 1. The van der Waals surface area contributed by atoms with E-state index >= 15 is 0 Å². The lowest BCUT2D eigenvalue weighted by atomic mass is 9.97. The van der Waals surface area contributed by atoms with Crippen molar-refractivity contribution < 1.29 is 19.4 Å². The number of carbonyl (C=O) groups is 2. The molecule has 1 unspecified atom stereocenters. The van der Waals surface area contributed by atoms with Crippen LogP contribution in [0.3, 0.4) is 0 Å². The molecule has 1 heterocycles. The van der Waals surface area contributed by atoms with Crippen LogP contribution >= 0.6 is 11.8 Å². The molecule has 1 atom stereocenters. The number of hydrogen-bond acceptors (Lipinski definition) is 4. The maximum atomic E-state index is 12.5. The molecule has 0 bridgehead atoms. The molecule has 0 aliphatic carbocycles. The van der Waals surface area contributed by atoms with E-state index in [1.165, 1.54) is 0 Å². The van der Waals surface area contributed by atoms with Crippen molar-refractivity contribution in [1.29, 1.82) is 0 Å². The highest BCUT2D eigenvalue weighted by Gasteiger charge is 2.43. The number of ether oxygens (including phenoxy) is 1. The van der Waals surface area contributed by atoms with Crippen LogP contribution in [0.4, 0.5) is 0 Å². The highest BCUT2D eigenvalue weighted by molar-refractivity contribution is 7.99. The van der Waals surface area contributed by atoms with Crippen molar-refractivity contribution >= 4 is 34.4 Å². The van der Waals surface area contributed by atoms with Gasteiger partial charge in [-0.05, 0) is 40.6 Å². The minimum atomic E-state index is -1.13. The van der Waals surface area contributed by atoms with Gasteiger partial charge < -0.3 is 15.2 Å². The molecule has 0 radical (unpaired) electrons. The van der Waals surface area contributed by atoms with E-state index in [2.05, 4.69) is 5.32 Å². The Labute approximate surface area is 144 Å². The second-order valence-electron chi connectivity index (χ2n) is 5.92. The van der Waals surface area contributed by atoms with Crippen LogP contribution in [0.2, 0.25) is 0 Å². The molecule has 5 nitrogen and oxygen atoms in total. The Bertz CT molecular complexity index is 784. The van der Waals surface area contributed by atoms with Gasteiger partial charge >= 0.3 is 5.97 Å². The SMILES string of the molecule is COc1ccc2cccc(CC(=O)NC3(C(=O)O)CCSC3)c2c1. The molecular weight excluding hydrogens is 326 g/mol. The van der Waals surface area contributed by atoms with Crippen LogP contribution in [0.25, 0.3) is 10.8 Å². The molecule has 6 heteroatoms. The molecule has 0 aromatic heterocycles. The van der Waals surface area contributed by atoms with Crippen LogP contribution in [0.5, 0.6) is 5.75 Å². The third-order valence-electron chi connectivity index (χ3n) is 4.34. The average molecular weight is 345 g/mol. The van der Waals surface area contributed by atoms with Crippen molar-refractivity contribution in [3.63, 3.8) is 0 Å². The van der Waals surface area contributed by atoms with E-state index in [-0.39, 0.29) is 12.3 Å². The monoisotopic (exact) mass is 345 g/mol. The van der Waals surface area contributed by atoms with Crippen LogP contribution in [0, 0.1) is 0 Å². The van der Waals surface area contributed by atoms with Gasteiger partial charge in [0.05, 0.1) is 13.5 Å². The Hall–Kier alpha value is -2.21. The third-order valence-corrected chi connectivity index (χ3v) is 5.53. The summed E-state index contributed by atoms with van der Waals surface area (Å²) in [4.78, 5) is 24.0. The standard InChI is InChI=1S/C18H19NO4S/c1-23-14-6-5-12-3-2-4-13(15(12)10-14)9-16(20)19-18(17(21)22)7-8-24-11-18/h2-6,10H,7-9,11H2,1H3,(H,19,20)(H,21,22). The molecule has 0 spiro atoms. The van der Waals surface area contributed by atoms with Crippen LogP contribution in [0.1, 0.15) is 12.0 Å². The van der Waals surface area contributed by atoms with Gasteiger partial charge in [-0.1, -0.05) is 24.3 Å². The molecule has 0 saturated carbocycles. The number of thioether (sulfide) groups is 1. The summed E-state index contributed by atoms with van der Waals surface area (Å²) < 4.78 is 5.26. The van der Waals surface area contributed by atoms with Crippen LogP contribution in [-0.4, -0.2) is 41.1 Å². The number of fused-ring (bicyclic) bond motifs is 1. The summed E-state index contributed by atoms with van der Waals surface area (Å²) in [5.74, 6) is 0.662. The summed E-state index contributed by atoms with van der Waals surface area (Å²) >= 11 is 1.55. The number of carboxylic acids is 1. The van der Waals surface area contributed by atoms with Gasteiger partial charge in [-0.15, -0.1) is 0 Å². The fourth-order valence-corrected chi connectivity index (χ4v) is 4.29. The second-order valence-corrected chi connectivity index (χ2v) is 7.02. The molecule has 1 amide bonds. The number of nitrogens with one attached hydrogen (secondary N) is 1. The van der Waals surface area contributed by atoms with Gasteiger partial charge in [0.15, 0.2) is 0 Å². The minimum absolute atomic E-state index is 0.143. The topological polar surface area (TPSA) is 75.6 Å². The van der Waals surface area contributed by atoms with Crippen molar-refractivity contribution in [2.24, 2.45) is 0 Å². The van der Waals surface area contributed by atoms with Crippen LogP contribution < -0.4 is 10.1 Å². The van der Waals surface area contributed by atoms with E-state index in [1.807, 2.05) is 36.4 Å². The molecule has 2 aromatic carbocycles. The summed E-state index contributed by atoms with van der Waals surface area (Å²) in [6.07, 6.45) is 0.603. The van der Waals surface area contributed by atoms with Gasteiger partial charge in [0, 0.05) is 5.75 Å². The number of carboxylic acid groups (broad SMARTS) is 1. The summed E-state index contributed by atoms with van der Waals surface area (Å²) in [5.41, 5.74) is -0.278. The molecule has 1 fully saturated rings. The lowest BCUT2D eigenvalue weighted by Crippen LogP contribution is -2.55. The fourth-order valence-electron chi connectivity index (χ4n) is 2.97. The Morgan fingerprint density at radius 2 is 2.17 bits per heavy atom. The van der Waals surface area contributed by atoms with Crippen molar-refractivity contribution in [2.45, 2.75) is 18.4 Å². The van der Waals surface area contributed by atoms with Gasteiger partial charge in [0.2, 0.25) is 5.91 Å². The first-order chi connectivity index (χ1) is 11.5. The summed E-state index contributed by atoms with van der Waals surface area (Å²) in [6.45, 7) is 0. The van der Waals surface area contributed by atoms with Gasteiger partial charge in [-0.25, -0.2) is 4.79 Å². The highest BCUT2D eigenvalue weighted by Crippen LogP contribution is 2.29. The predicted octanol–water partition coefficient (Wildman–Crippen LogP) is 2.47. The first-order valence-electron chi connectivity index (χ1n) is 7.72. The zero-order chi connectivity index (χ0) is 17.2. The van der Waals surface area contributed by atoms with E-state index in [0.29, 0.717) is 12.2 Å². The first-order valence-corrected chi connectivity index (χ1v) is 8.87. The van der Waals surface area contributed by atoms with Gasteiger partial charge in [0.1, 0.15) is 11.3 Å². The third kappa shape index (κ3) is 3.19. The van der Waals surface area contributed by atoms with Crippen LogP contribution in [0.15, 0.2) is 36.4 Å². The largest absolute Gasteiger partial charge is 0.497 e. The second kappa shape index (κ2) is 6.73. The van der Waals surface area contributed by atoms with Gasteiger partial charge in [-0.2, -0.15) is 11.8 Å². The number of rotatable bonds is 5. The number of hydrogen-bond donors (Lipinski definition) is 2. The average Bonchev–Trinajstić information content (AvgIpc) is 3.04. The van der Waals surface area contributed by atoms with E-state index in [4.69, 9.17) is 4.74 Å². The first kappa shape index (κ1) is 16.6. The smallest absolute Gasteiger partial charge is 0.330 e. The minimum Gasteiger partial charge on any atom is -0.497 e. The van der Waals surface area contributed by atoms with Crippen molar-refractivity contribution in [2.75, 3.05) is 18.6 Å². The molecule has 24 heavy (non-hydrogen) atoms. The fraction of sp³-hybridized carbons (Fsp3) is 0.333. The molecule has 3 rings (SSSR count). The van der Waals surface area contributed by atoms with E-state index < -0.39 is 11.5 Å². The Kier molecular flexibility index (Phi) is 4.66. The lowest BCUT2D eigenvalue weighted by Gasteiger charge is -2.24. The molecule has 2 aromatic rings. The van der Waals surface area contributed by atoms with E-state index in [1.54, 1.807) is 18.9 Å².